The highest BCUT2D eigenvalue weighted by molar-refractivity contribution is 7.99. The van der Waals surface area contributed by atoms with Gasteiger partial charge in [-0.3, -0.25) is 9.59 Å². The van der Waals surface area contributed by atoms with Gasteiger partial charge >= 0.3 is 11.9 Å². The van der Waals surface area contributed by atoms with Gasteiger partial charge in [0.25, 0.3) is 0 Å². The van der Waals surface area contributed by atoms with E-state index in [0.29, 0.717) is 19.4 Å². The molecule has 1 rings (SSSR count). The molecule has 0 fully saturated rings. The Bertz CT molecular complexity index is 635. The predicted octanol–water partition coefficient (Wildman–Crippen LogP) is 7.96. The maximum atomic E-state index is 10.6. The lowest BCUT2D eigenvalue weighted by atomic mass is 10.0. The average molecular weight is 481 g/mol. The minimum atomic E-state index is -0.778. The smallest absolute Gasteiger partial charge is 0.303 e. The molecule has 0 atom stereocenters. The molecule has 33 heavy (non-hydrogen) atoms. The van der Waals surface area contributed by atoms with Gasteiger partial charge in [0.05, 0.1) is 6.61 Å². The van der Waals surface area contributed by atoms with Crippen molar-refractivity contribution >= 4 is 23.7 Å². The molecule has 0 saturated heterocycles. The number of benzene rings is 1. The van der Waals surface area contributed by atoms with Gasteiger partial charge < -0.3 is 14.9 Å². The van der Waals surface area contributed by atoms with Crippen LogP contribution in [0.25, 0.3) is 0 Å². The second-order valence-electron chi connectivity index (χ2n) is 8.73. The Morgan fingerprint density at radius 3 is 1.64 bits per heavy atom. The van der Waals surface area contributed by atoms with Crippen molar-refractivity contribution in [3.63, 3.8) is 0 Å². The number of unbranched alkanes of at least 4 members (excludes halogenated alkanes) is 13. The Labute approximate surface area is 204 Å². The molecule has 0 aromatic heterocycles. The van der Waals surface area contributed by atoms with E-state index in [1.54, 1.807) is 0 Å². The third kappa shape index (κ3) is 18.4. The second kappa shape index (κ2) is 20.9. The van der Waals surface area contributed by atoms with Crippen molar-refractivity contribution in [2.75, 3.05) is 12.4 Å². The highest BCUT2D eigenvalue weighted by atomic mass is 32.2. The first-order chi connectivity index (χ1) is 16.1. The molecular formula is C27H44O5S. The fraction of sp³-hybridized carbons (Fsp3) is 0.704. The maximum Gasteiger partial charge on any atom is 0.303 e. The van der Waals surface area contributed by atoms with E-state index in [2.05, 4.69) is 6.07 Å². The van der Waals surface area contributed by atoms with E-state index in [0.717, 1.165) is 29.2 Å². The maximum absolute atomic E-state index is 10.6. The van der Waals surface area contributed by atoms with Gasteiger partial charge in [-0.1, -0.05) is 89.2 Å². The standard InChI is InChI=1S/C27H44O5S/c28-26(29)20-13-11-9-7-5-3-1-2-4-6-8-10-12-16-23-33-25-19-15-14-18-24(25)32-22-17-21-27(30)31/h14-15,18-19H,1-13,16-17,20-23H2,(H,28,29)(H,30,31). The summed E-state index contributed by atoms with van der Waals surface area (Å²) in [4.78, 5) is 22.2. The molecule has 0 amide bonds. The predicted molar refractivity (Wildman–Crippen MR) is 136 cm³/mol. The number of para-hydroxylation sites is 1. The molecule has 0 heterocycles. The zero-order valence-electron chi connectivity index (χ0n) is 20.3. The molecule has 0 spiro atoms. The minimum Gasteiger partial charge on any atom is -0.492 e. The highest BCUT2D eigenvalue weighted by Gasteiger charge is 2.05. The number of thioether (sulfide) groups is 1. The van der Waals surface area contributed by atoms with Crippen LogP contribution in [0.2, 0.25) is 0 Å². The molecule has 0 aliphatic carbocycles. The summed E-state index contributed by atoms with van der Waals surface area (Å²) in [6.45, 7) is 0.443. The van der Waals surface area contributed by atoms with Gasteiger partial charge in [0.1, 0.15) is 5.75 Å². The zero-order valence-corrected chi connectivity index (χ0v) is 21.1. The van der Waals surface area contributed by atoms with Gasteiger partial charge in [0, 0.05) is 17.7 Å². The van der Waals surface area contributed by atoms with Gasteiger partial charge in [0.15, 0.2) is 0 Å². The molecule has 0 radical (unpaired) electrons. The van der Waals surface area contributed by atoms with Crippen LogP contribution >= 0.6 is 11.8 Å². The summed E-state index contributed by atoms with van der Waals surface area (Å²) in [5.74, 6) is 0.505. The number of hydrogen-bond acceptors (Lipinski definition) is 4. The molecule has 2 N–H and O–H groups in total. The van der Waals surface area contributed by atoms with Crippen molar-refractivity contribution in [1.29, 1.82) is 0 Å². The number of carboxylic acid groups (broad SMARTS) is 2. The monoisotopic (exact) mass is 480 g/mol. The summed E-state index contributed by atoms with van der Waals surface area (Å²) >= 11 is 1.83. The lowest BCUT2D eigenvalue weighted by Crippen LogP contribution is -2.02. The summed E-state index contributed by atoms with van der Waals surface area (Å²) in [5, 5.41) is 17.3. The molecule has 0 saturated carbocycles. The molecule has 0 aliphatic rings. The average Bonchev–Trinajstić information content (AvgIpc) is 2.79. The van der Waals surface area contributed by atoms with Gasteiger partial charge in [-0.2, -0.15) is 0 Å². The molecule has 0 unspecified atom stereocenters. The van der Waals surface area contributed by atoms with E-state index >= 15 is 0 Å². The van der Waals surface area contributed by atoms with Gasteiger partial charge in [-0.05, 0) is 37.1 Å². The Kier molecular flexibility index (Phi) is 18.6. The van der Waals surface area contributed by atoms with Crippen LogP contribution in [0.1, 0.15) is 109 Å². The zero-order chi connectivity index (χ0) is 24.0. The number of aliphatic carboxylic acids is 2. The van der Waals surface area contributed by atoms with Crippen molar-refractivity contribution in [3.05, 3.63) is 24.3 Å². The van der Waals surface area contributed by atoms with Crippen molar-refractivity contribution in [1.82, 2.24) is 0 Å². The first kappa shape index (κ1) is 29.3. The van der Waals surface area contributed by atoms with Crippen LogP contribution in [0, 0.1) is 0 Å². The molecule has 0 bridgehead atoms. The molecule has 1 aromatic carbocycles. The lowest BCUT2D eigenvalue weighted by molar-refractivity contribution is -0.138. The normalized spacial score (nSPS) is 10.9. The van der Waals surface area contributed by atoms with Crippen LogP contribution in [0.15, 0.2) is 29.2 Å². The molecule has 0 aliphatic heterocycles. The van der Waals surface area contributed by atoms with Gasteiger partial charge in [0.2, 0.25) is 0 Å². The fourth-order valence-electron chi connectivity index (χ4n) is 3.78. The summed E-state index contributed by atoms with van der Waals surface area (Å²) in [6.07, 6.45) is 18.4. The summed E-state index contributed by atoms with van der Waals surface area (Å²) in [5.41, 5.74) is 0. The van der Waals surface area contributed by atoms with Crippen LogP contribution in [-0.2, 0) is 9.59 Å². The van der Waals surface area contributed by atoms with E-state index < -0.39 is 11.9 Å². The quantitative estimate of drug-likeness (QED) is 0.122. The largest absolute Gasteiger partial charge is 0.492 e. The van der Waals surface area contributed by atoms with Gasteiger partial charge in [-0.15, -0.1) is 11.8 Å². The van der Waals surface area contributed by atoms with Crippen LogP contribution in [0.4, 0.5) is 0 Å². The Morgan fingerprint density at radius 1 is 0.636 bits per heavy atom. The van der Waals surface area contributed by atoms with E-state index in [1.165, 1.54) is 77.0 Å². The number of hydrogen-bond donors (Lipinski definition) is 2. The minimum absolute atomic E-state index is 0.146. The summed E-state index contributed by atoms with van der Waals surface area (Å²) < 4.78 is 5.77. The molecule has 6 heteroatoms. The SMILES string of the molecule is O=C(O)CCCCCCCCCCCCCCCCSc1ccccc1OCCCC(=O)O. The van der Waals surface area contributed by atoms with Crippen molar-refractivity contribution in [2.45, 2.75) is 114 Å². The topological polar surface area (TPSA) is 83.8 Å². The summed E-state index contributed by atoms with van der Waals surface area (Å²) in [6, 6.07) is 8.03. The van der Waals surface area contributed by atoms with E-state index in [-0.39, 0.29) is 6.42 Å². The number of rotatable bonds is 23. The van der Waals surface area contributed by atoms with E-state index in [1.807, 2.05) is 30.0 Å². The highest BCUT2D eigenvalue weighted by Crippen LogP contribution is 2.30. The van der Waals surface area contributed by atoms with Crippen molar-refractivity contribution < 1.29 is 24.5 Å². The Hall–Kier alpha value is -1.69. The van der Waals surface area contributed by atoms with E-state index in [4.69, 9.17) is 14.9 Å². The molecule has 1 aromatic rings. The fourth-order valence-corrected chi connectivity index (χ4v) is 4.79. The number of carbonyl (C=O) groups is 2. The Balaban J connectivity index is 1.90. The first-order valence-corrected chi connectivity index (χ1v) is 13.9. The summed E-state index contributed by atoms with van der Waals surface area (Å²) in [7, 11) is 0. The van der Waals surface area contributed by atoms with Crippen molar-refractivity contribution in [3.8, 4) is 5.75 Å². The van der Waals surface area contributed by atoms with Crippen molar-refractivity contribution in [2.24, 2.45) is 0 Å². The Morgan fingerprint density at radius 2 is 1.09 bits per heavy atom. The third-order valence-corrected chi connectivity index (χ3v) is 6.83. The van der Waals surface area contributed by atoms with Gasteiger partial charge in [-0.25, -0.2) is 0 Å². The molecule has 5 nitrogen and oxygen atoms in total. The number of ether oxygens (including phenoxy) is 1. The van der Waals surface area contributed by atoms with Crippen LogP contribution < -0.4 is 4.74 Å². The van der Waals surface area contributed by atoms with Crippen LogP contribution in [-0.4, -0.2) is 34.5 Å². The first-order valence-electron chi connectivity index (χ1n) is 12.9. The molecule has 188 valence electrons. The number of carboxylic acids is 2. The molecular weight excluding hydrogens is 436 g/mol. The second-order valence-corrected chi connectivity index (χ2v) is 9.87. The van der Waals surface area contributed by atoms with E-state index in [9.17, 15) is 9.59 Å². The third-order valence-electron chi connectivity index (χ3n) is 5.68. The van der Waals surface area contributed by atoms with Crippen LogP contribution in [0.3, 0.4) is 0 Å². The lowest BCUT2D eigenvalue weighted by Gasteiger charge is -2.10. The van der Waals surface area contributed by atoms with Crippen LogP contribution in [0.5, 0.6) is 5.75 Å².